The SMILES string of the molecule is C=C(C)CNC(N)=NCc1ccc(CN2CCN(C)CC2)cc1. The number of likely N-dealkylation sites (N-methyl/N-ethyl adjacent to an activating group) is 1. The smallest absolute Gasteiger partial charge is 0.189 e. The molecular weight excluding hydrogens is 286 g/mol. The summed E-state index contributed by atoms with van der Waals surface area (Å²) in [4.78, 5) is 9.23. The second-order valence-electron chi connectivity index (χ2n) is 6.41. The molecule has 23 heavy (non-hydrogen) atoms. The number of guanidine groups is 1. The molecule has 0 bridgehead atoms. The number of aliphatic imine (C=N–C) groups is 1. The fourth-order valence-electron chi connectivity index (χ4n) is 2.49. The monoisotopic (exact) mass is 315 g/mol. The third-order valence-electron chi connectivity index (χ3n) is 4.03. The highest BCUT2D eigenvalue weighted by Gasteiger charge is 2.13. The van der Waals surface area contributed by atoms with Gasteiger partial charge in [-0.2, -0.15) is 0 Å². The first-order valence-corrected chi connectivity index (χ1v) is 8.20. The van der Waals surface area contributed by atoms with Crippen molar-refractivity contribution in [3.63, 3.8) is 0 Å². The average molecular weight is 315 g/mol. The Morgan fingerprint density at radius 2 is 1.78 bits per heavy atom. The molecule has 1 saturated heterocycles. The van der Waals surface area contributed by atoms with E-state index in [-0.39, 0.29) is 0 Å². The molecule has 1 aromatic carbocycles. The van der Waals surface area contributed by atoms with Gasteiger partial charge in [-0.05, 0) is 25.1 Å². The van der Waals surface area contributed by atoms with Crippen molar-refractivity contribution in [2.75, 3.05) is 39.8 Å². The summed E-state index contributed by atoms with van der Waals surface area (Å²) in [6.07, 6.45) is 0. The Morgan fingerprint density at radius 3 is 2.39 bits per heavy atom. The predicted octanol–water partition coefficient (Wildman–Crippen LogP) is 1.41. The van der Waals surface area contributed by atoms with Gasteiger partial charge in [0.05, 0.1) is 6.54 Å². The van der Waals surface area contributed by atoms with Gasteiger partial charge in [-0.1, -0.05) is 36.4 Å². The largest absolute Gasteiger partial charge is 0.370 e. The first-order chi connectivity index (χ1) is 11.0. The normalized spacial score (nSPS) is 17.2. The van der Waals surface area contributed by atoms with E-state index in [4.69, 9.17) is 5.73 Å². The number of piperazine rings is 1. The van der Waals surface area contributed by atoms with Gasteiger partial charge in [0.2, 0.25) is 0 Å². The number of nitrogens with two attached hydrogens (primary N) is 1. The number of nitrogens with one attached hydrogen (secondary N) is 1. The van der Waals surface area contributed by atoms with Gasteiger partial charge in [0.25, 0.3) is 0 Å². The zero-order valence-corrected chi connectivity index (χ0v) is 14.4. The highest BCUT2D eigenvalue weighted by atomic mass is 15.2. The molecule has 0 radical (unpaired) electrons. The van der Waals surface area contributed by atoms with Gasteiger partial charge in [0, 0.05) is 39.3 Å². The Morgan fingerprint density at radius 1 is 1.17 bits per heavy atom. The quantitative estimate of drug-likeness (QED) is 0.473. The number of nitrogens with zero attached hydrogens (tertiary/aromatic N) is 3. The third kappa shape index (κ3) is 6.42. The van der Waals surface area contributed by atoms with Crippen LogP contribution in [0.5, 0.6) is 0 Å². The van der Waals surface area contributed by atoms with Crippen molar-refractivity contribution in [2.24, 2.45) is 10.7 Å². The lowest BCUT2D eigenvalue weighted by Crippen LogP contribution is -2.43. The van der Waals surface area contributed by atoms with Gasteiger partial charge in [-0.15, -0.1) is 0 Å². The molecule has 0 unspecified atom stereocenters. The summed E-state index contributed by atoms with van der Waals surface area (Å²) in [5, 5.41) is 3.04. The highest BCUT2D eigenvalue weighted by molar-refractivity contribution is 5.78. The predicted molar refractivity (Wildman–Crippen MR) is 97.4 cm³/mol. The number of benzene rings is 1. The van der Waals surface area contributed by atoms with E-state index in [2.05, 4.69) is 58.0 Å². The Hall–Kier alpha value is -1.85. The maximum absolute atomic E-state index is 5.82. The lowest BCUT2D eigenvalue weighted by Gasteiger charge is -2.32. The van der Waals surface area contributed by atoms with Crippen LogP contribution in [0, 0.1) is 0 Å². The molecule has 5 nitrogen and oxygen atoms in total. The van der Waals surface area contributed by atoms with E-state index in [1.807, 2.05) is 6.92 Å². The minimum Gasteiger partial charge on any atom is -0.370 e. The zero-order valence-electron chi connectivity index (χ0n) is 14.4. The first-order valence-electron chi connectivity index (χ1n) is 8.20. The van der Waals surface area contributed by atoms with Crippen LogP contribution in [0.15, 0.2) is 41.4 Å². The van der Waals surface area contributed by atoms with Crippen LogP contribution in [0.1, 0.15) is 18.1 Å². The Balaban J connectivity index is 1.80. The summed E-state index contributed by atoms with van der Waals surface area (Å²) in [5.41, 5.74) is 9.39. The summed E-state index contributed by atoms with van der Waals surface area (Å²) >= 11 is 0. The van der Waals surface area contributed by atoms with E-state index in [0.717, 1.165) is 38.3 Å². The van der Waals surface area contributed by atoms with Crippen molar-refractivity contribution in [3.8, 4) is 0 Å². The molecule has 1 aliphatic heterocycles. The number of hydrogen-bond donors (Lipinski definition) is 2. The number of hydrogen-bond acceptors (Lipinski definition) is 3. The Labute approximate surface area is 139 Å². The minimum absolute atomic E-state index is 0.467. The summed E-state index contributed by atoms with van der Waals surface area (Å²) in [6.45, 7) is 12.7. The molecule has 1 fully saturated rings. The maximum Gasteiger partial charge on any atom is 0.189 e. The van der Waals surface area contributed by atoms with Crippen LogP contribution in [-0.2, 0) is 13.1 Å². The van der Waals surface area contributed by atoms with E-state index >= 15 is 0 Å². The molecule has 1 aromatic rings. The summed E-state index contributed by atoms with van der Waals surface area (Å²) in [7, 11) is 2.18. The highest BCUT2D eigenvalue weighted by Crippen LogP contribution is 2.10. The second kappa shape index (κ2) is 8.70. The van der Waals surface area contributed by atoms with Gasteiger partial charge < -0.3 is 16.0 Å². The van der Waals surface area contributed by atoms with Gasteiger partial charge >= 0.3 is 0 Å². The topological polar surface area (TPSA) is 56.9 Å². The van der Waals surface area contributed by atoms with Crippen LogP contribution in [-0.4, -0.2) is 55.5 Å². The molecular formula is C18H29N5. The molecule has 1 heterocycles. The fourth-order valence-corrected chi connectivity index (χ4v) is 2.49. The van der Waals surface area contributed by atoms with Crippen LogP contribution in [0.2, 0.25) is 0 Å². The van der Waals surface area contributed by atoms with Gasteiger partial charge in [0.1, 0.15) is 0 Å². The molecule has 0 aliphatic carbocycles. The lowest BCUT2D eigenvalue weighted by molar-refractivity contribution is 0.148. The maximum atomic E-state index is 5.82. The molecule has 3 N–H and O–H groups in total. The lowest BCUT2D eigenvalue weighted by atomic mass is 10.1. The van der Waals surface area contributed by atoms with Crippen molar-refractivity contribution in [1.82, 2.24) is 15.1 Å². The van der Waals surface area contributed by atoms with Crippen LogP contribution in [0.25, 0.3) is 0 Å². The molecule has 5 heteroatoms. The fraction of sp³-hybridized carbons (Fsp3) is 0.500. The van der Waals surface area contributed by atoms with Crippen molar-refractivity contribution < 1.29 is 0 Å². The molecule has 1 aliphatic rings. The van der Waals surface area contributed by atoms with Gasteiger partial charge in [-0.3, -0.25) is 4.90 Å². The summed E-state index contributed by atoms with van der Waals surface area (Å²) in [6, 6.07) is 8.67. The van der Waals surface area contributed by atoms with Crippen molar-refractivity contribution in [3.05, 3.63) is 47.5 Å². The van der Waals surface area contributed by atoms with Gasteiger partial charge in [-0.25, -0.2) is 4.99 Å². The van der Waals surface area contributed by atoms with E-state index in [0.29, 0.717) is 19.0 Å². The summed E-state index contributed by atoms with van der Waals surface area (Å²) in [5.74, 6) is 0.467. The molecule has 0 aromatic heterocycles. The van der Waals surface area contributed by atoms with Crippen LogP contribution < -0.4 is 11.1 Å². The molecule has 126 valence electrons. The molecule has 0 amide bonds. The minimum atomic E-state index is 0.467. The molecule has 0 atom stereocenters. The molecule has 0 spiro atoms. The average Bonchev–Trinajstić information content (AvgIpc) is 2.54. The Bertz CT molecular complexity index is 527. The summed E-state index contributed by atoms with van der Waals surface area (Å²) < 4.78 is 0. The second-order valence-corrected chi connectivity index (χ2v) is 6.41. The van der Waals surface area contributed by atoms with E-state index in [1.54, 1.807) is 0 Å². The van der Waals surface area contributed by atoms with Crippen molar-refractivity contribution in [1.29, 1.82) is 0 Å². The first kappa shape index (κ1) is 17.5. The van der Waals surface area contributed by atoms with Crippen molar-refractivity contribution in [2.45, 2.75) is 20.0 Å². The van der Waals surface area contributed by atoms with E-state index < -0.39 is 0 Å². The molecule has 2 rings (SSSR count). The third-order valence-corrected chi connectivity index (χ3v) is 4.03. The standard InChI is InChI=1S/C18H29N5/c1-15(2)12-20-18(19)21-13-16-4-6-17(7-5-16)14-23-10-8-22(3)9-11-23/h4-7H,1,8-14H2,2-3H3,(H3,19,20,21). The van der Waals surface area contributed by atoms with Crippen LogP contribution in [0.4, 0.5) is 0 Å². The van der Waals surface area contributed by atoms with Gasteiger partial charge in [0.15, 0.2) is 5.96 Å². The van der Waals surface area contributed by atoms with E-state index in [9.17, 15) is 0 Å². The molecule has 0 saturated carbocycles. The van der Waals surface area contributed by atoms with Crippen LogP contribution in [0.3, 0.4) is 0 Å². The Kier molecular flexibility index (Phi) is 6.62. The van der Waals surface area contributed by atoms with Crippen molar-refractivity contribution >= 4 is 5.96 Å². The van der Waals surface area contributed by atoms with Crippen LogP contribution >= 0.6 is 0 Å². The zero-order chi connectivity index (χ0) is 16.7. The number of rotatable bonds is 6. The van der Waals surface area contributed by atoms with E-state index in [1.165, 1.54) is 11.1 Å².